The van der Waals surface area contributed by atoms with Crippen LogP contribution < -0.4 is 5.32 Å². The third-order valence-corrected chi connectivity index (χ3v) is 4.12. The molecule has 2 N–H and O–H groups in total. The van der Waals surface area contributed by atoms with Crippen molar-refractivity contribution >= 4 is 23.2 Å². The van der Waals surface area contributed by atoms with Crippen molar-refractivity contribution < 1.29 is 9.90 Å². The van der Waals surface area contributed by atoms with E-state index in [0.29, 0.717) is 5.02 Å². The summed E-state index contributed by atoms with van der Waals surface area (Å²) >= 11 is 5.96. The van der Waals surface area contributed by atoms with Crippen molar-refractivity contribution in [3.8, 4) is 0 Å². The van der Waals surface area contributed by atoms with Crippen LogP contribution in [0, 0.1) is 6.92 Å². The van der Waals surface area contributed by atoms with Gasteiger partial charge in [0.1, 0.15) is 0 Å². The number of aryl methyl sites for hydroxylation is 1. The van der Waals surface area contributed by atoms with Gasteiger partial charge in [0, 0.05) is 23.8 Å². The Balaban J connectivity index is 1.99. The molecule has 0 spiro atoms. The van der Waals surface area contributed by atoms with E-state index in [1.54, 1.807) is 6.07 Å². The number of amides is 1. The summed E-state index contributed by atoms with van der Waals surface area (Å²) in [5.41, 5.74) is 1.75. The molecule has 1 atom stereocenters. The Morgan fingerprint density at radius 3 is 2.75 bits per heavy atom. The number of aliphatic hydroxyl groups excluding tert-OH is 1. The van der Waals surface area contributed by atoms with E-state index in [2.05, 4.69) is 10.2 Å². The van der Waals surface area contributed by atoms with Crippen molar-refractivity contribution in [3.05, 3.63) is 28.8 Å². The summed E-state index contributed by atoms with van der Waals surface area (Å²) < 4.78 is 0. The van der Waals surface area contributed by atoms with Crippen LogP contribution >= 0.6 is 11.6 Å². The summed E-state index contributed by atoms with van der Waals surface area (Å²) in [5, 5.41) is 13.1. The standard InChI is InChI=1S/C15H21ClN2O2/c1-10-3-4-12(16)9-14(10)17-15(20)11(2)18-7-5-13(19)6-8-18/h3-4,9,11,13,19H,5-8H2,1-2H3,(H,17,20)/t11-/m1/s1. The SMILES string of the molecule is Cc1ccc(Cl)cc1NC(=O)[C@@H](C)N1CCC(O)CC1. The van der Waals surface area contributed by atoms with Gasteiger partial charge in [-0.2, -0.15) is 0 Å². The minimum Gasteiger partial charge on any atom is -0.393 e. The molecule has 1 aromatic rings. The highest BCUT2D eigenvalue weighted by atomic mass is 35.5. The molecular formula is C15H21ClN2O2. The van der Waals surface area contributed by atoms with Crippen LogP contribution in [0.1, 0.15) is 25.3 Å². The largest absolute Gasteiger partial charge is 0.393 e. The zero-order valence-electron chi connectivity index (χ0n) is 11.9. The summed E-state index contributed by atoms with van der Waals surface area (Å²) in [4.78, 5) is 14.4. The smallest absolute Gasteiger partial charge is 0.241 e. The average Bonchev–Trinajstić information content (AvgIpc) is 2.43. The normalized spacial score (nSPS) is 18.8. The van der Waals surface area contributed by atoms with Crippen LogP contribution in [-0.4, -0.2) is 41.1 Å². The first-order valence-corrected chi connectivity index (χ1v) is 7.34. The predicted octanol–water partition coefficient (Wildman–Crippen LogP) is 2.43. The van der Waals surface area contributed by atoms with Gasteiger partial charge >= 0.3 is 0 Å². The highest BCUT2D eigenvalue weighted by molar-refractivity contribution is 6.31. The van der Waals surface area contributed by atoms with Crippen LogP contribution in [0.3, 0.4) is 0 Å². The van der Waals surface area contributed by atoms with Crippen LogP contribution in [0.15, 0.2) is 18.2 Å². The fourth-order valence-electron chi connectivity index (χ4n) is 2.41. The Bertz CT molecular complexity index is 485. The van der Waals surface area contributed by atoms with Crippen molar-refractivity contribution in [1.82, 2.24) is 4.90 Å². The first-order valence-electron chi connectivity index (χ1n) is 6.96. The van der Waals surface area contributed by atoms with Gasteiger partial charge in [0.25, 0.3) is 0 Å². The number of benzene rings is 1. The second-order valence-corrected chi connectivity index (χ2v) is 5.83. The van der Waals surface area contributed by atoms with Gasteiger partial charge in [-0.15, -0.1) is 0 Å². The van der Waals surface area contributed by atoms with Crippen molar-refractivity contribution in [1.29, 1.82) is 0 Å². The molecule has 0 saturated carbocycles. The Morgan fingerprint density at radius 2 is 2.10 bits per heavy atom. The lowest BCUT2D eigenvalue weighted by Gasteiger charge is -2.33. The molecule has 0 bridgehead atoms. The average molecular weight is 297 g/mol. The van der Waals surface area contributed by atoms with Gasteiger partial charge in [-0.3, -0.25) is 9.69 Å². The minimum atomic E-state index is -0.225. The monoisotopic (exact) mass is 296 g/mol. The van der Waals surface area contributed by atoms with Gasteiger partial charge in [0.2, 0.25) is 5.91 Å². The summed E-state index contributed by atoms with van der Waals surface area (Å²) in [7, 11) is 0. The molecule has 2 rings (SSSR count). The van der Waals surface area contributed by atoms with E-state index < -0.39 is 0 Å². The molecular weight excluding hydrogens is 276 g/mol. The molecule has 0 radical (unpaired) electrons. The van der Waals surface area contributed by atoms with E-state index >= 15 is 0 Å². The molecule has 1 aliphatic rings. The Labute approximate surface area is 124 Å². The molecule has 5 heteroatoms. The van der Waals surface area contributed by atoms with E-state index in [1.807, 2.05) is 26.0 Å². The van der Waals surface area contributed by atoms with Gasteiger partial charge in [0.15, 0.2) is 0 Å². The van der Waals surface area contributed by atoms with Gasteiger partial charge in [-0.1, -0.05) is 17.7 Å². The van der Waals surface area contributed by atoms with Gasteiger partial charge in [-0.05, 0) is 44.4 Å². The van der Waals surface area contributed by atoms with Crippen LogP contribution in [0.5, 0.6) is 0 Å². The number of aliphatic hydroxyl groups is 1. The number of anilines is 1. The van der Waals surface area contributed by atoms with Crippen molar-refractivity contribution in [3.63, 3.8) is 0 Å². The molecule has 1 amide bonds. The quantitative estimate of drug-likeness (QED) is 0.901. The first-order chi connectivity index (χ1) is 9.47. The molecule has 1 aromatic carbocycles. The van der Waals surface area contributed by atoms with E-state index in [1.165, 1.54) is 0 Å². The fraction of sp³-hybridized carbons (Fsp3) is 0.533. The van der Waals surface area contributed by atoms with Gasteiger partial charge in [-0.25, -0.2) is 0 Å². The zero-order valence-corrected chi connectivity index (χ0v) is 12.7. The molecule has 0 aliphatic carbocycles. The van der Waals surface area contributed by atoms with Crippen molar-refractivity contribution in [2.75, 3.05) is 18.4 Å². The van der Waals surface area contributed by atoms with E-state index in [0.717, 1.165) is 37.2 Å². The highest BCUT2D eigenvalue weighted by Crippen LogP contribution is 2.21. The number of likely N-dealkylation sites (tertiary alicyclic amines) is 1. The Morgan fingerprint density at radius 1 is 1.45 bits per heavy atom. The molecule has 4 nitrogen and oxygen atoms in total. The molecule has 1 heterocycles. The maximum atomic E-state index is 12.3. The molecule has 1 saturated heterocycles. The van der Waals surface area contributed by atoms with E-state index in [-0.39, 0.29) is 18.1 Å². The number of nitrogens with zero attached hydrogens (tertiary/aromatic N) is 1. The van der Waals surface area contributed by atoms with Crippen LogP contribution in [-0.2, 0) is 4.79 Å². The first kappa shape index (κ1) is 15.3. The Hall–Kier alpha value is -1.10. The zero-order chi connectivity index (χ0) is 14.7. The van der Waals surface area contributed by atoms with E-state index in [4.69, 9.17) is 11.6 Å². The molecule has 110 valence electrons. The number of nitrogens with one attached hydrogen (secondary N) is 1. The van der Waals surface area contributed by atoms with Crippen molar-refractivity contribution in [2.45, 2.75) is 38.8 Å². The Kier molecular flexibility index (Phi) is 5.02. The third-order valence-electron chi connectivity index (χ3n) is 3.88. The van der Waals surface area contributed by atoms with E-state index in [9.17, 15) is 9.90 Å². The maximum Gasteiger partial charge on any atom is 0.241 e. The minimum absolute atomic E-state index is 0.0354. The molecule has 20 heavy (non-hydrogen) atoms. The predicted molar refractivity (Wildman–Crippen MR) is 81.1 cm³/mol. The number of hydrogen-bond donors (Lipinski definition) is 2. The topological polar surface area (TPSA) is 52.6 Å². The number of hydrogen-bond acceptors (Lipinski definition) is 3. The lowest BCUT2D eigenvalue weighted by Crippen LogP contribution is -2.47. The van der Waals surface area contributed by atoms with Crippen LogP contribution in [0.2, 0.25) is 5.02 Å². The summed E-state index contributed by atoms with van der Waals surface area (Å²) in [5.74, 6) is -0.0354. The molecule has 0 unspecified atom stereocenters. The van der Waals surface area contributed by atoms with Gasteiger partial charge in [0.05, 0.1) is 12.1 Å². The molecule has 1 aliphatic heterocycles. The summed E-state index contributed by atoms with van der Waals surface area (Å²) in [6.07, 6.45) is 1.23. The lowest BCUT2D eigenvalue weighted by molar-refractivity contribution is -0.121. The second kappa shape index (κ2) is 6.57. The van der Waals surface area contributed by atoms with Crippen LogP contribution in [0.4, 0.5) is 5.69 Å². The summed E-state index contributed by atoms with van der Waals surface area (Å²) in [6, 6.07) is 5.25. The fourth-order valence-corrected chi connectivity index (χ4v) is 2.58. The number of piperidine rings is 1. The summed E-state index contributed by atoms with van der Waals surface area (Å²) in [6.45, 7) is 5.34. The second-order valence-electron chi connectivity index (χ2n) is 5.39. The van der Waals surface area contributed by atoms with Gasteiger partial charge < -0.3 is 10.4 Å². The highest BCUT2D eigenvalue weighted by Gasteiger charge is 2.25. The molecule has 1 fully saturated rings. The maximum absolute atomic E-state index is 12.3. The number of carbonyl (C=O) groups excluding carboxylic acids is 1. The van der Waals surface area contributed by atoms with Crippen molar-refractivity contribution in [2.24, 2.45) is 0 Å². The number of halogens is 1. The number of carbonyl (C=O) groups is 1. The third kappa shape index (κ3) is 3.72. The molecule has 0 aromatic heterocycles. The van der Waals surface area contributed by atoms with Crippen LogP contribution in [0.25, 0.3) is 0 Å². The number of rotatable bonds is 3. The lowest BCUT2D eigenvalue weighted by atomic mass is 10.1.